The van der Waals surface area contributed by atoms with Crippen LogP contribution in [0.1, 0.15) is 5.56 Å². The molecule has 0 radical (unpaired) electrons. The van der Waals surface area contributed by atoms with Gasteiger partial charge in [0.15, 0.2) is 11.5 Å². The summed E-state index contributed by atoms with van der Waals surface area (Å²) in [4.78, 5) is 11.8. The van der Waals surface area contributed by atoms with Crippen LogP contribution < -0.4 is 25.0 Å². The summed E-state index contributed by atoms with van der Waals surface area (Å²) in [7, 11) is 4.57. The number of urea groups is 1. The number of hydrogen-bond donors (Lipinski definition) is 2. The Morgan fingerprint density at radius 2 is 1.76 bits per heavy atom. The molecular weight excluding hydrogens is 346 g/mol. The first kappa shape index (κ1) is 18.4. The van der Waals surface area contributed by atoms with E-state index >= 15 is 0 Å². The predicted molar refractivity (Wildman–Crippen MR) is 97.3 cm³/mol. The van der Waals surface area contributed by atoms with Crippen molar-refractivity contribution in [3.63, 3.8) is 0 Å². The normalized spacial score (nSPS) is 10.4. The Morgan fingerprint density at radius 3 is 2.32 bits per heavy atom. The monoisotopic (exact) mass is 363 g/mol. The van der Waals surface area contributed by atoms with Crippen molar-refractivity contribution in [1.82, 2.24) is 5.43 Å². The molecule has 2 aromatic rings. The van der Waals surface area contributed by atoms with Gasteiger partial charge in [-0.05, 0) is 30.3 Å². The molecule has 0 saturated carbocycles. The molecule has 0 aliphatic heterocycles. The number of nitrogens with one attached hydrogen (secondary N) is 2. The van der Waals surface area contributed by atoms with Crippen LogP contribution in [0.25, 0.3) is 0 Å². The van der Waals surface area contributed by atoms with E-state index in [1.807, 2.05) is 0 Å². The Hall–Kier alpha value is -2.93. The molecule has 0 atom stereocenters. The average molecular weight is 364 g/mol. The molecule has 2 rings (SSSR count). The highest BCUT2D eigenvalue weighted by Crippen LogP contribution is 2.37. The van der Waals surface area contributed by atoms with E-state index < -0.39 is 6.03 Å². The topological polar surface area (TPSA) is 81.2 Å². The second-order valence-electron chi connectivity index (χ2n) is 4.79. The Morgan fingerprint density at radius 1 is 1.08 bits per heavy atom. The first-order chi connectivity index (χ1) is 12.1. The summed E-state index contributed by atoms with van der Waals surface area (Å²) in [5, 5.41) is 7.04. The van der Waals surface area contributed by atoms with Gasteiger partial charge in [0, 0.05) is 16.3 Å². The number of carbonyl (C=O) groups excluding carboxylic acids is 1. The van der Waals surface area contributed by atoms with E-state index in [1.54, 1.807) is 36.4 Å². The van der Waals surface area contributed by atoms with Crippen LogP contribution in [-0.4, -0.2) is 33.6 Å². The second-order valence-corrected chi connectivity index (χ2v) is 5.23. The van der Waals surface area contributed by atoms with Gasteiger partial charge in [0.05, 0.1) is 27.5 Å². The van der Waals surface area contributed by atoms with Crippen molar-refractivity contribution in [2.45, 2.75) is 0 Å². The second kappa shape index (κ2) is 8.79. The molecule has 2 aromatic carbocycles. The van der Waals surface area contributed by atoms with Crippen molar-refractivity contribution in [3.8, 4) is 17.2 Å². The molecule has 8 heteroatoms. The summed E-state index contributed by atoms with van der Waals surface area (Å²) in [6.45, 7) is 0. The molecule has 0 aliphatic rings. The summed E-state index contributed by atoms with van der Waals surface area (Å²) in [6.07, 6.45) is 1.46. The third kappa shape index (κ3) is 5.02. The van der Waals surface area contributed by atoms with Crippen LogP contribution in [0.2, 0.25) is 5.02 Å². The zero-order chi connectivity index (χ0) is 18.2. The maximum atomic E-state index is 11.8. The fourth-order valence-corrected chi connectivity index (χ4v) is 2.26. The highest BCUT2D eigenvalue weighted by atomic mass is 35.5. The molecule has 0 fully saturated rings. The summed E-state index contributed by atoms with van der Waals surface area (Å²) >= 11 is 5.86. The van der Waals surface area contributed by atoms with E-state index in [2.05, 4.69) is 15.8 Å². The molecule has 7 nitrogen and oxygen atoms in total. The zero-order valence-electron chi connectivity index (χ0n) is 14.0. The Labute approximate surface area is 150 Å². The number of benzene rings is 2. The molecule has 2 amide bonds. The van der Waals surface area contributed by atoms with E-state index in [-0.39, 0.29) is 0 Å². The van der Waals surface area contributed by atoms with Gasteiger partial charge in [0.2, 0.25) is 5.75 Å². The van der Waals surface area contributed by atoms with Crippen molar-refractivity contribution in [2.75, 3.05) is 26.6 Å². The number of anilines is 1. The molecule has 2 N–H and O–H groups in total. The van der Waals surface area contributed by atoms with Crippen LogP contribution in [-0.2, 0) is 0 Å². The van der Waals surface area contributed by atoms with Gasteiger partial charge in [-0.3, -0.25) is 0 Å². The Kier molecular flexibility index (Phi) is 6.47. The van der Waals surface area contributed by atoms with Crippen LogP contribution in [0.15, 0.2) is 41.5 Å². The summed E-state index contributed by atoms with van der Waals surface area (Å²) in [5.74, 6) is 1.46. The van der Waals surface area contributed by atoms with Crippen LogP contribution >= 0.6 is 11.6 Å². The molecule has 0 unspecified atom stereocenters. The minimum absolute atomic E-state index is 0.480. The van der Waals surface area contributed by atoms with Crippen LogP contribution in [0.5, 0.6) is 17.2 Å². The van der Waals surface area contributed by atoms with Gasteiger partial charge in [0.25, 0.3) is 0 Å². The van der Waals surface area contributed by atoms with Crippen LogP contribution in [0.4, 0.5) is 10.5 Å². The predicted octanol–water partition coefficient (Wildman–Crippen LogP) is 3.52. The number of hydrazone groups is 1. The lowest BCUT2D eigenvalue weighted by molar-refractivity contribution is 0.252. The van der Waals surface area contributed by atoms with Crippen molar-refractivity contribution in [2.24, 2.45) is 5.10 Å². The Bertz CT molecular complexity index is 755. The van der Waals surface area contributed by atoms with E-state index in [0.717, 1.165) is 0 Å². The van der Waals surface area contributed by atoms with Crippen molar-refractivity contribution in [3.05, 3.63) is 47.0 Å². The van der Waals surface area contributed by atoms with Gasteiger partial charge in [-0.25, -0.2) is 10.2 Å². The molecule has 0 bridgehead atoms. The lowest BCUT2D eigenvalue weighted by atomic mass is 10.2. The maximum Gasteiger partial charge on any atom is 0.339 e. The summed E-state index contributed by atoms with van der Waals surface area (Å²) in [6, 6.07) is 9.72. The third-order valence-electron chi connectivity index (χ3n) is 3.15. The van der Waals surface area contributed by atoms with Crippen molar-refractivity contribution in [1.29, 1.82) is 0 Å². The molecule has 0 heterocycles. The summed E-state index contributed by atoms with van der Waals surface area (Å²) < 4.78 is 15.8. The van der Waals surface area contributed by atoms with Gasteiger partial charge < -0.3 is 19.5 Å². The van der Waals surface area contributed by atoms with Gasteiger partial charge >= 0.3 is 6.03 Å². The van der Waals surface area contributed by atoms with Crippen LogP contribution in [0.3, 0.4) is 0 Å². The van der Waals surface area contributed by atoms with Crippen molar-refractivity contribution >= 4 is 29.5 Å². The van der Waals surface area contributed by atoms with E-state index in [1.165, 1.54) is 27.5 Å². The zero-order valence-corrected chi connectivity index (χ0v) is 14.8. The van der Waals surface area contributed by atoms with Gasteiger partial charge in [-0.1, -0.05) is 17.7 Å². The molecule has 0 aliphatic carbocycles. The number of carbonyl (C=O) groups is 1. The Balaban J connectivity index is 2.05. The fourth-order valence-electron chi connectivity index (χ4n) is 2.07. The minimum Gasteiger partial charge on any atom is -0.493 e. The molecule has 0 saturated heterocycles. The average Bonchev–Trinajstić information content (AvgIpc) is 2.60. The minimum atomic E-state index is -0.494. The quantitative estimate of drug-likeness (QED) is 0.607. The number of hydrogen-bond acceptors (Lipinski definition) is 5. The van der Waals surface area contributed by atoms with Crippen molar-refractivity contribution < 1.29 is 19.0 Å². The lowest BCUT2D eigenvalue weighted by Crippen LogP contribution is -2.24. The number of methoxy groups -OCH3 is 3. The molecule has 132 valence electrons. The van der Waals surface area contributed by atoms with E-state index in [9.17, 15) is 4.79 Å². The molecular formula is C17H18ClN3O4. The molecule has 0 spiro atoms. The van der Waals surface area contributed by atoms with Crippen LogP contribution in [0, 0.1) is 0 Å². The van der Waals surface area contributed by atoms with E-state index in [4.69, 9.17) is 25.8 Å². The highest BCUT2D eigenvalue weighted by molar-refractivity contribution is 6.30. The van der Waals surface area contributed by atoms with E-state index in [0.29, 0.717) is 33.5 Å². The highest BCUT2D eigenvalue weighted by Gasteiger charge is 2.12. The number of amides is 2. The van der Waals surface area contributed by atoms with Gasteiger partial charge in [-0.15, -0.1) is 0 Å². The first-order valence-corrected chi connectivity index (χ1v) is 7.60. The molecule has 25 heavy (non-hydrogen) atoms. The smallest absolute Gasteiger partial charge is 0.339 e. The van der Waals surface area contributed by atoms with Gasteiger partial charge in [0.1, 0.15) is 0 Å². The number of ether oxygens (including phenoxy) is 3. The first-order valence-electron chi connectivity index (χ1n) is 7.23. The number of nitrogens with zero attached hydrogens (tertiary/aromatic N) is 1. The van der Waals surface area contributed by atoms with Gasteiger partial charge in [-0.2, -0.15) is 5.10 Å². The third-order valence-corrected chi connectivity index (χ3v) is 3.38. The number of halogens is 1. The summed E-state index contributed by atoms with van der Waals surface area (Å²) in [5.41, 5.74) is 3.59. The fraction of sp³-hybridized carbons (Fsp3) is 0.176. The standard InChI is InChI=1S/C17H18ClN3O4/c1-23-14-7-11(8-15(24-2)16(14)25-3)10-19-21-17(22)20-13-6-4-5-12(18)9-13/h4-10H,1-3H3,(H2,20,21,22)/b19-10+. The molecule has 0 aromatic heterocycles. The lowest BCUT2D eigenvalue weighted by Gasteiger charge is -2.12. The maximum absolute atomic E-state index is 11.8. The SMILES string of the molecule is COc1cc(/C=N/NC(=O)Nc2cccc(Cl)c2)cc(OC)c1OC. The number of rotatable bonds is 6. The largest absolute Gasteiger partial charge is 0.493 e.